The maximum absolute atomic E-state index is 12.7. The first-order valence-corrected chi connectivity index (χ1v) is 10.1. The topological polar surface area (TPSA) is 97.2 Å². The van der Waals surface area contributed by atoms with E-state index in [4.69, 9.17) is 10.5 Å². The van der Waals surface area contributed by atoms with Gasteiger partial charge in [0.05, 0.1) is 6.04 Å². The molecule has 6 nitrogen and oxygen atoms in total. The van der Waals surface area contributed by atoms with E-state index in [1.165, 1.54) is 0 Å². The maximum atomic E-state index is 12.7. The number of ether oxygens (including phenoxy) is 1. The first kappa shape index (κ1) is 21.6. The fourth-order valence-corrected chi connectivity index (χ4v) is 3.33. The SMILES string of the molecule is CC(C)(C)OC(=O)c1[nH]c2ccccc2c1C[C@@H](N)C(=O)NCCc1ccccc1. The summed E-state index contributed by atoms with van der Waals surface area (Å²) >= 11 is 0. The van der Waals surface area contributed by atoms with E-state index in [0.29, 0.717) is 17.8 Å². The van der Waals surface area contributed by atoms with Crippen molar-refractivity contribution in [1.82, 2.24) is 10.3 Å². The number of fused-ring (bicyclic) bond motifs is 1. The number of nitrogens with one attached hydrogen (secondary N) is 2. The lowest BCUT2D eigenvalue weighted by atomic mass is 10.0. The molecule has 1 atom stereocenters. The summed E-state index contributed by atoms with van der Waals surface area (Å²) in [5, 5.41) is 3.75. The van der Waals surface area contributed by atoms with E-state index < -0.39 is 17.6 Å². The van der Waals surface area contributed by atoms with Crippen molar-refractivity contribution in [2.45, 2.75) is 45.3 Å². The van der Waals surface area contributed by atoms with Crippen LogP contribution in [0.1, 0.15) is 42.4 Å². The number of esters is 1. The normalized spacial score (nSPS) is 12.5. The number of nitrogens with two attached hydrogens (primary N) is 1. The average Bonchev–Trinajstić information content (AvgIpc) is 3.06. The number of para-hydroxylation sites is 1. The second-order valence-electron chi connectivity index (χ2n) is 8.36. The predicted molar refractivity (Wildman–Crippen MR) is 118 cm³/mol. The molecule has 6 heteroatoms. The van der Waals surface area contributed by atoms with E-state index in [1.807, 2.05) is 75.4 Å². The molecule has 0 bridgehead atoms. The monoisotopic (exact) mass is 407 g/mol. The van der Waals surface area contributed by atoms with Gasteiger partial charge < -0.3 is 20.8 Å². The highest BCUT2D eigenvalue weighted by atomic mass is 16.6. The lowest BCUT2D eigenvalue weighted by Gasteiger charge is -2.20. The van der Waals surface area contributed by atoms with Crippen LogP contribution in [0.4, 0.5) is 0 Å². The molecule has 4 N–H and O–H groups in total. The maximum Gasteiger partial charge on any atom is 0.355 e. The zero-order valence-corrected chi connectivity index (χ0v) is 17.7. The van der Waals surface area contributed by atoms with Gasteiger partial charge >= 0.3 is 5.97 Å². The van der Waals surface area contributed by atoms with Crippen molar-refractivity contribution in [3.63, 3.8) is 0 Å². The summed E-state index contributed by atoms with van der Waals surface area (Å²) in [5.74, 6) is -0.697. The first-order chi connectivity index (χ1) is 14.2. The summed E-state index contributed by atoms with van der Waals surface area (Å²) in [6.07, 6.45) is 0.964. The standard InChI is InChI=1S/C24H29N3O3/c1-24(2,3)30-23(29)21-18(17-11-7-8-12-20(17)27-21)15-19(25)22(28)26-14-13-16-9-5-4-6-10-16/h4-12,19,27H,13-15,25H2,1-3H3,(H,26,28)/t19-/m1/s1. The largest absolute Gasteiger partial charge is 0.455 e. The molecule has 2 aromatic carbocycles. The molecule has 30 heavy (non-hydrogen) atoms. The van der Waals surface area contributed by atoms with Gasteiger partial charge in [-0.15, -0.1) is 0 Å². The lowest BCUT2D eigenvalue weighted by molar-refractivity contribution is -0.122. The number of carbonyl (C=O) groups is 2. The van der Waals surface area contributed by atoms with Gasteiger partial charge in [0, 0.05) is 17.4 Å². The molecule has 0 saturated heterocycles. The molecule has 0 fully saturated rings. The molecule has 158 valence electrons. The number of hydrogen-bond donors (Lipinski definition) is 3. The van der Waals surface area contributed by atoms with Crippen LogP contribution in [0.2, 0.25) is 0 Å². The van der Waals surface area contributed by atoms with Gasteiger partial charge in [0.1, 0.15) is 11.3 Å². The number of amides is 1. The molecular weight excluding hydrogens is 378 g/mol. The fraction of sp³-hybridized carbons (Fsp3) is 0.333. The number of aromatic amines is 1. The van der Waals surface area contributed by atoms with Crippen molar-refractivity contribution in [1.29, 1.82) is 0 Å². The number of rotatable bonds is 7. The molecule has 1 amide bonds. The number of benzene rings is 2. The zero-order valence-electron chi connectivity index (χ0n) is 17.7. The molecule has 3 aromatic rings. The summed E-state index contributed by atoms with van der Waals surface area (Å²) < 4.78 is 5.54. The van der Waals surface area contributed by atoms with Gasteiger partial charge in [0.2, 0.25) is 5.91 Å². The number of hydrogen-bond acceptors (Lipinski definition) is 4. The van der Waals surface area contributed by atoms with Gasteiger partial charge in [-0.05, 0) is 50.8 Å². The number of aromatic nitrogens is 1. The van der Waals surface area contributed by atoms with Crippen LogP contribution in [-0.4, -0.2) is 35.0 Å². The Bertz CT molecular complexity index is 1020. The van der Waals surface area contributed by atoms with Crippen molar-refractivity contribution in [2.24, 2.45) is 5.73 Å². The quantitative estimate of drug-likeness (QED) is 0.523. The third kappa shape index (κ3) is 5.48. The molecule has 1 aromatic heterocycles. The molecule has 0 aliphatic heterocycles. The molecule has 3 rings (SSSR count). The summed E-state index contributed by atoms with van der Waals surface area (Å²) in [6, 6.07) is 16.7. The Morgan fingerprint density at radius 1 is 1.07 bits per heavy atom. The molecule has 0 radical (unpaired) electrons. The molecule has 0 aliphatic carbocycles. The van der Waals surface area contributed by atoms with Crippen molar-refractivity contribution in [3.8, 4) is 0 Å². The van der Waals surface area contributed by atoms with Crippen LogP contribution in [0.15, 0.2) is 54.6 Å². The molecule has 0 unspecified atom stereocenters. The Balaban J connectivity index is 1.72. The van der Waals surface area contributed by atoms with Gasteiger partial charge in [-0.2, -0.15) is 0 Å². The third-order valence-electron chi connectivity index (χ3n) is 4.73. The minimum Gasteiger partial charge on any atom is -0.455 e. The van der Waals surface area contributed by atoms with Crippen molar-refractivity contribution >= 4 is 22.8 Å². The smallest absolute Gasteiger partial charge is 0.355 e. The van der Waals surface area contributed by atoms with Crippen LogP contribution in [0.5, 0.6) is 0 Å². The summed E-state index contributed by atoms with van der Waals surface area (Å²) in [5.41, 5.74) is 8.58. The van der Waals surface area contributed by atoms with Gasteiger partial charge in [-0.3, -0.25) is 4.79 Å². The zero-order chi connectivity index (χ0) is 21.7. The van der Waals surface area contributed by atoms with Crippen molar-refractivity contribution < 1.29 is 14.3 Å². The minimum atomic E-state index is -0.777. The lowest BCUT2D eigenvalue weighted by Crippen LogP contribution is -2.43. The van der Waals surface area contributed by atoms with Gasteiger partial charge in [-0.1, -0.05) is 48.5 Å². The van der Waals surface area contributed by atoms with E-state index in [2.05, 4.69) is 10.3 Å². The Kier molecular flexibility index (Phi) is 6.57. The minimum absolute atomic E-state index is 0.232. The van der Waals surface area contributed by atoms with E-state index >= 15 is 0 Å². The molecule has 1 heterocycles. The van der Waals surface area contributed by atoms with Crippen LogP contribution in [0, 0.1) is 0 Å². The van der Waals surface area contributed by atoms with E-state index in [9.17, 15) is 9.59 Å². The van der Waals surface area contributed by atoms with Gasteiger partial charge in [-0.25, -0.2) is 4.79 Å². The van der Waals surface area contributed by atoms with Gasteiger partial charge in [0.25, 0.3) is 0 Å². The van der Waals surface area contributed by atoms with Crippen LogP contribution in [0.3, 0.4) is 0 Å². The molecule has 0 saturated carbocycles. The highest BCUT2D eigenvalue weighted by Gasteiger charge is 2.26. The second-order valence-corrected chi connectivity index (χ2v) is 8.36. The third-order valence-corrected chi connectivity index (χ3v) is 4.73. The highest BCUT2D eigenvalue weighted by molar-refractivity contribution is 5.99. The van der Waals surface area contributed by atoms with Gasteiger partial charge in [0.15, 0.2) is 0 Å². The summed E-state index contributed by atoms with van der Waals surface area (Å²) in [4.78, 5) is 28.4. The first-order valence-electron chi connectivity index (χ1n) is 10.1. The van der Waals surface area contributed by atoms with Crippen LogP contribution < -0.4 is 11.1 Å². The highest BCUT2D eigenvalue weighted by Crippen LogP contribution is 2.25. The Labute approximate surface area is 176 Å². The predicted octanol–water partition coefficient (Wildman–Crippen LogP) is 3.35. The van der Waals surface area contributed by atoms with E-state index in [-0.39, 0.29) is 12.3 Å². The van der Waals surface area contributed by atoms with Crippen molar-refractivity contribution in [3.05, 3.63) is 71.4 Å². The molecular formula is C24H29N3O3. The van der Waals surface area contributed by atoms with Crippen LogP contribution >= 0.6 is 0 Å². The summed E-state index contributed by atoms with van der Waals surface area (Å²) in [6.45, 7) is 5.96. The molecule has 0 aliphatic rings. The second kappa shape index (κ2) is 9.13. The van der Waals surface area contributed by atoms with E-state index in [1.54, 1.807) is 0 Å². The van der Waals surface area contributed by atoms with Crippen LogP contribution in [0.25, 0.3) is 10.9 Å². The Morgan fingerprint density at radius 2 is 1.73 bits per heavy atom. The van der Waals surface area contributed by atoms with Crippen LogP contribution in [-0.2, 0) is 22.4 Å². The number of carbonyl (C=O) groups excluding carboxylic acids is 2. The van der Waals surface area contributed by atoms with E-state index in [0.717, 1.165) is 22.9 Å². The van der Waals surface area contributed by atoms with Crippen molar-refractivity contribution in [2.75, 3.05) is 6.54 Å². The molecule has 0 spiro atoms. The Hall–Kier alpha value is -3.12. The fourth-order valence-electron chi connectivity index (χ4n) is 3.33. The number of H-pyrrole nitrogens is 1. The average molecular weight is 408 g/mol. The summed E-state index contributed by atoms with van der Waals surface area (Å²) in [7, 11) is 0. The Morgan fingerprint density at radius 3 is 2.43 bits per heavy atom.